The summed E-state index contributed by atoms with van der Waals surface area (Å²) in [6.45, 7) is 3.03. The summed E-state index contributed by atoms with van der Waals surface area (Å²) in [7, 11) is 1.50. The van der Waals surface area contributed by atoms with Crippen LogP contribution in [0, 0.1) is 0 Å². The van der Waals surface area contributed by atoms with Crippen LogP contribution in [0.15, 0.2) is 42.9 Å². The van der Waals surface area contributed by atoms with Crippen LogP contribution in [0.3, 0.4) is 0 Å². The monoisotopic (exact) mass is 338 g/mol. The molecule has 128 valence electrons. The van der Waals surface area contributed by atoms with Crippen molar-refractivity contribution in [1.82, 2.24) is 19.7 Å². The maximum absolute atomic E-state index is 11.3. The van der Waals surface area contributed by atoms with Gasteiger partial charge in [-0.3, -0.25) is 14.5 Å². The normalized spacial score (nSPS) is 10.5. The quantitative estimate of drug-likeness (QED) is 0.616. The summed E-state index contributed by atoms with van der Waals surface area (Å²) in [5.74, 6) is 0.762. The molecule has 0 N–H and O–H groups in total. The van der Waals surface area contributed by atoms with Crippen molar-refractivity contribution in [1.29, 1.82) is 0 Å². The Kier molecular flexibility index (Phi) is 5.03. The van der Waals surface area contributed by atoms with Gasteiger partial charge in [0.25, 0.3) is 0 Å². The maximum atomic E-state index is 11.3. The molecule has 0 amide bonds. The minimum absolute atomic E-state index is 0.257. The second-order valence-corrected chi connectivity index (χ2v) is 5.21. The minimum atomic E-state index is 0.257. The largest absolute Gasteiger partial charge is 0.486 e. The molecule has 0 aliphatic heterocycles. The van der Waals surface area contributed by atoms with Gasteiger partial charge in [0, 0.05) is 30.6 Å². The Bertz CT molecular complexity index is 876. The van der Waals surface area contributed by atoms with Crippen molar-refractivity contribution in [3.8, 4) is 23.0 Å². The second kappa shape index (κ2) is 7.57. The molecule has 0 unspecified atom stereocenters. The average Bonchev–Trinajstić information content (AvgIpc) is 3.15. The zero-order chi connectivity index (χ0) is 17.6. The lowest BCUT2D eigenvalue weighted by molar-refractivity contribution is 0.111. The van der Waals surface area contributed by atoms with Gasteiger partial charge in [-0.25, -0.2) is 4.98 Å². The number of aryl methyl sites for hydroxylation is 1. The highest BCUT2D eigenvalue weighted by molar-refractivity contribution is 5.79. The fourth-order valence-corrected chi connectivity index (χ4v) is 2.49. The van der Waals surface area contributed by atoms with E-state index in [-0.39, 0.29) is 6.61 Å². The van der Waals surface area contributed by atoms with Crippen molar-refractivity contribution in [2.45, 2.75) is 20.1 Å². The average molecular weight is 338 g/mol. The Balaban J connectivity index is 1.87. The van der Waals surface area contributed by atoms with Crippen LogP contribution in [0.2, 0.25) is 0 Å². The zero-order valence-corrected chi connectivity index (χ0v) is 14.0. The van der Waals surface area contributed by atoms with Gasteiger partial charge in [-0.15, -0.1) is 0 Å². The molecule has 0 atom stereocenters. The van der Waals surface area contributed by atoms with Crippen molar-refractivity contribution in [2.24, 2.45) is 0 Å². The number of carbonyl (C=O) groups is 1. The summed E-state index contributed by atoms with van der Waals surface area (Å²) in [6, 6.07) is 7.24. The van der Waals surface area contributed by atoms with Gasteiger partial charge in [0.05, 0.1) is 30.3 Å². The van der Waals surface area contributed by atoms with Crippen LogP contribution in [-0.4, -0.2) is 33.1 Å². The van der Waals surface area contributed by atoms with Gasteiger partial charge in [-0.1, -0.05) is 6.07 Å². The van der Waals surface area contributed by atoms with E-state index < -0.39 is 0 Å². The number of rotatable bonds is 7. The number of aldehydes is 1. The number of ether oxygens (including phenoxy) is 2. The number of hydrogen-bond donors (Lipinski definition) is 0. The molecule has 0 fully saturated rings. The predicted octanol–water partition coefficient (Wildman–Crippen LogP) is 2.76. The van der Waals surface area contributed by atoms with E-state index in [1.165, 1.54) is 13.3 Å². The van der Waals surface area contributed by atoms with Crippen molar-refractivity contribution in [2.75, 3.05) is 7.11 Å². The van der Waals surface area contributed by atoms with Crippen LogP contribution >= 0.6 is 0 Å². The van der Waals surface area contributed by atoms with Crippen molar-refractivity contribution in [3.63, 3.8) is 0 Å². The van der Waals surface area contributed by atoms with Gasteiger partial charge in [0.15, 0.2) is 6.29 Å². The van der Waals surface area contributed by atoms with Crippen LogP contribution in [-0.2, 0) is 13.2 Å². The topological polar surface area (TPSA) is 79.1 Å². The lowest BCUT2D eigenvalue weighted by Crippen LogP contribution is -2.05. The number of methoxy groups -OCH3 is 1. The van der Waals surface area contributed by atoms with Crippen LogP contribution in [0.25, 0.3) is 11.4 Å². The van der Waals surface area contributed by atoms with E-state index in [0.717, 1.165) is 29.8 Å². The molecule has 3 rings (SSSR count). The molecule has 3 aromatic heterocycles. The molecular formula is C18H18N4O3. The van der Waals surface area contributed by atoms with E-state index in [2.05, 4.69) is 15.1 Å². The molecule has 0 radical (unpaired) electrons. The fraction of sp³-hybridized carbons (Fsp3) is 0.222. The molecule has 0 saturated heterocycles. The van der Waals surface area contributed by atoms with Crippen molar-refractivity contribution >= 4 is 6.29 Å². The van der Waals surface area contributed by atoms with Gasteiger partial charge < -0.3 is 9.47 Å². The first-order valence-corrected chi connectivity index (χ1v) is 7.85. The minimum Gasteiger partial charge on any atom is -0.486 e. The molecule has 7 nitrogen and oxygen atoms in total. The molecule has 0 aromatic carbocycles. The Morgan fingerprint density at radius 3 is 2.88 bits per heavy atom. The summed E-state index contributed by atoms with van der Waals surface area (Å²) < 4.78 is 12.7. The Labute approximate surface area is 145 Å². The predicted molar refractivity (Wildman–Crippen MR) is 91.6 cm³/mol. The molecule has 0 spiro atoms. The van der Waals surface area contributed by atoms with Gasteiger partial charge in [0.2, 0.25) is 5.88 Å². The highest BCUT2D eigenvalue weighted by Crippen LogP contribution is 2.24. The second-order valence-electron chi connectivity index (χ2n) is 5.21. The number of nitrogens with zero attached hydrogens (tertiary/aromatic N) is 4. The SMILES string of the molecule is CCn1nccc1-c1ncccc1COc1cnc(OC)cc1C=O. The number of carbonyl (C=O) groups excluding carboxylic acids is 1. The molecule has 3 heterocycles. The van der Waals surface area contributed by atoms with Crippen LogP contribution in [0.4, 0.5) is 0 Å². The third-order valence-electron chi connectivity index (χ3n) is 3.74. The van der Waals surface area contributed by atoms with Crippen molar-refractivity contribution < 1.29 is 14.3 Å². The lowest BCUT2D eigenvalue weighted by atomic mass is 10.1. The van der Waals surface area contributed by atoms with E-state index in [1.807, 2.05) is 29.8 Å². The van der Waals surface area contributed by atoms with E-state index in [4.69, 9.17) is 9.47 Å². The van der Waals surface area contributed by atoms with Crippen LogP contribution in [0.5, 0.6) is 11.6 Å². The third kappa shape index (κ3) is 3.50. The van der Waals surface area contributed by atoms with E-state index >= 15 is 0 Å². The molecular weight excluding hydrogens is 320 g/mol. The lowest BCUT2D eigenvalue weighted by Gasteiger charge is -2.12. The molecule has 0 aliphatic rings. The molecule has 0 saturated carbocycles. The zero-order valence-electron chi connectivity index (χ0n) is 14.0. The van der Waals surface area contributed by atoms with E-state index in [0.29, 0.717) is 17.2 Å². The highest BCUT2D eigenvalue weighted by Gasteiger charge is 2.13. The summed E-state index contributed by atoms with van der Waals surface area (Å²) in [5.41, 5.74) is 3.00. The van der Waals surface area contributed by atoms with Gasteiger partial charge >= 0.3 is 0 Å². The summed E-state index contributed by atoms with van der Waals surface area (Å²) in [6.07, 6.45) is 5.68. The number of pyridine rings is 2. The van der Waals surface area contributed by atoms with E-state index in [1.54, 1.807) is 18.5 Å². The third-order valence-corrected chi connectivity index (χ3v) is 3.74. The fourth-order valence-electron chi connectivity index (χ4n) is 2.49. The standard InChI is InChI=1S/C18H18N4O3/c1-3-22-15(6-8-21-22)18-13(5-4-7-19-18)12-25-16-10-20-17(24-2)9-14(16)11-23/h4-11H,3,12H2,1-2H3. The smallest absolute Gasteiger partial charge is 0.213 e. The first kappa shape index (κ1) is 16.6. The summed E-state index contributed by atoms with van der Waals surface area (Å²) in [4.78, 5) is 19.8. The number of hydrogen-bond acceptors (Lipinski definition) is 6. The Hall–Kier alpha value is -3.22. The summed E-state index contributed by atoms with van der Waals surface area (Å²) in [5, 5.41) is 4.28. The Morgan fingerprint density at radius 2 is 2.12 bits per heavy atom. The van der Waals surface area contributed by atoms with Gasteiger partial charge in [-0.05, 0) is 19.1 Å². The van der Waals surface area contributed by atoms with Gasteiger partial charge in [-0.2, -0.15) is 5.10 Å². The highest BCUT2D eigenvalue weighted by atomic mass is 16.5. The number of aromatic nitrogens is 4. The van der Waals surface area contributed by atoms with E-state index in [9.17, 15) is 4.79 Å². The van der Waals surface area contributed by atoms with Gasteiger partial charge in [0.1, 0.15) is 12.4 Å². The van der Waals surface area contributed by atoms with Crippen molar-refractivity contribution in [3.05, 3.63) is 54.0 Å². The molecule has 7 heteroatoms. The molecule has 25 heavy (non-hydrogen) atoms. The molecule has 0 bridgehead atoms. The maximum Gasteiger partial charge on any atom is 0.213 e. The first-order valence-electron chi connectivity index (χ1n) is 7.85. The molecule has 3 aromatic rings. The van der Waals surface area contributed by atoms with Crippen LogP contribution < -0.4 is 9.47 Å². The van der Waals surface area contributed by atoms with Crippen LogP contribution in [0.1, 0.15) is 22.8 Å². The first-order chi connectivity index (χ1) is 12.3. The molecule has 0 aliphatic carbocycles. The Morgan fingerprint density at radius 1 is 1.24 bits per heavy atom. The summed E-state index contributed by atoms with van der Waals surface area (Å²) >= 11 is 0.